The van der Waals surface area contributed by atoms with E-state index in [9.17, 15) is 14.9 Å². The highest BCUT2D eigenvalue weighted by Crippen LogP contribution is 2.25. The van der Waals surface area contributed by atoms with Crippen LogP contribution in [0.25, 0.3) is 0 Å². The Labute approximate surface area is 112 Å². The first-order valence-electron chi connectivity index (χ1n) is 6.22. The number of anilines is 1. The van der Waals surface area contributed by atoms with Gasteiger partial charge < -0.3 is 11.1 Å². The second kappa shape index (κ2) is 6.84. The van der Waals surface area contributed by atoms with Crippen LogP contribution in [-0.2, 0) is 4.79 Å². The number of nitrogens with zero attached hydrogens (tertiary/aromatic N) is 1. The number of aryl methyl sites for hydroxylation is 1. The second-order valence-corrected chi connectivity index (χ2v) is 4.54. The van der Waals surface area contributed by atoms with Crippen molar-refractivity contribution in [3.05, 3.63) is 33.9 Å². The van der Waals surface area contributed by atoms with E-state index in [1.54, 1.807) is 12.1 Å². The van der Waals surface area contributed by atoms with Crippen molar-refractivity contribution in [1.82, 2.24) is 0 Å². The first-order valence-corrected chi connectivity index (χ1v) is 6.22. The molecular weight excluding hydrogens is 246 g/mol. The molecule has 6 heteroatoms. The van der Waals surface area contributed by atoms with Gasteiger partial charge >= 0.3 is 0 Å². The molecule has 6 nitrogen and oxygen atoms in total. The van der Waals surface area contributed by atoms with Gasteiger partial charge in [0.15, 0.2) is 0 Å². The quantitative estimate of drug-likeness (QED) is 0.608. The molecule has 1 aromatic rings. The van der Waals surface area contributed by atoms with Crippen LogP contribution < -0.4 is 11.1 Å². The third-order valence-electron chi connectivity index (χ3n) is 3.01. The van der Waals surface area contributed by atoms with Gasteiger partial charge in [0, 0.05) is 12.5 Å². The molecule has 0 fully saturated rings. The van der Waals surface area contributed by atoms with Gasteiger partial charge in [0.1, 0.15) is 5.69 Å². The number of nitro benzene ring substituents is 1. The summed E-state index contributed by atoms with van der Waals surface area (Å²) >= 11 is 0. The number of hydrogen-bond acceptors (Lipinski definition) is 4. The van der Waals surface area contributed by atoms with Gasteiger partial charge in [0.05, 0.1) is 4.92 Å². The Morgan fingerprint density at radius 2 is 2.21 bits per heavy atom. The van der Waals surface area contributed by atoms with E-state index in [2.05, 4.69) is 5.32 Å². The second-order valence-electron chi connectivity index (χ2n) is 4.54. The van der Waals surface area contributed by atoms with Crippen molar-refractivity contribution >= 4 is 17.3 Å². The van der Waals surface area contributed by atoms with E-state index in [1.807, 2.05) is 13.8 Å². The molecule has 1 aromatic carbocycles. The number of benzene rings is 1. The van der Waals surface area contributed by atoms with Crippen molar-refractivity contribution in [1.29, 1.82) is 0 Å². The number of amides is 1. The van der Waals surface area contributed by atoms with E-state index in [4.69, 9.17) is 5.73 Å². The van der Waals surface area contributed by atoms with Crippen LogP contribution in [0.1, 0.15) is 25.3 Å². The third-order valence-corrected chi connectivity index (χ3v) is 3.01. The van der Waals surface area contributed by atoms with Crippen LogP contribution in [0.15, 0.2) is 18.2 Å². The number of nitrogens with one attached hydrogen (secondary N) is 1. The molecule has 1 rings (SSSR count). The van der Waals surface area contributed by atoms with Gasteiger partial charge in [0.2, 0.25) is 5.91 Å². The molecule has 0 aromatic heterocycles. The fourth-order valence-corrected chi connectivity index (χ4v) is 1.77. The lowest BCUT2D eigenvalue weighted by atomic mass is 10.0. The molecule has 0 aliphatic carbocycles. The lowest BCUT2D eigenvalue weighted by Gasteiger charge is -2.12. The van der Waals surface area contributed by atoms with Crippen LogP contribution in [-0.4, -0.2) is 17.4 Å². The maximum Gasteiger partial charge on any atom is 0.292 e. The highest BCUT2D eigenvalue weighted by Gasteiger charge is 2.17. The predicted octanol–water partition coefficient (Wildman–Crippen LogP) is 2.22. The summed E-state index contributed by atoms with van der Waals surface area (Å²) in [5.41, 5.74) is 6.53. The van der Waals surface area contributed by atoms with Crippen molar-refractivity contribution in [2.24, 2.45) is 11.7 Å². The van der Waals surface area contributed by atoms with E-state index in [0.29, 0.717) is 6.54 Å². The highest BCUT2D eigenvalue weighted by molar-refractivity contribution is 5.93. The molecule has 1 unspecified atom stereocenters. The molecule has 0 saturated heterocycles. The molecule has 1 atom stereocenters. The molecule has 0 aliphatic rings. The van der Waals surface area contributed by atoms with Gasteiger partial charge in [-0.1, -0.05) is 19.4 Å². The number of nitro groups is 1. The molecule has 104 valence electrons. The maximum atomic E-state index is 11.8. The maximum absolute atomic E-state index is 11.8. The molecule has 0 aliphatic heterocycles. The van der Waals surface area contributed by atoms with Gasteiger partial charge in [-0.05, 0) is 31.0 Å². The predicted molar refractivity (Wildman–Crippen MR) is 73.9 cm³/mol. The largest absolute Gasteiger partial charge is 0.330 e. The highest BCUT2D eigenvalue weighted by atomic mass is 16.6. The summed E-state index contributed by atoms with van der Waals surface area (Å²) in [5.74, 6) is -0.144. The minimum absolute atomic E-state index is 0.0975. The third kappa shape index (κ3) is 4.33. The Morgan fingerprint density at radius 3 is 2.74 bits per heavy atom. The van der Waals surface area contributed by atoms with Crippen molar-refractivity contribution in [2.45, 2.75) is 26.7 Å². The van der Waals surface area contributed by atoms with E-state index >= 15 is 0 Å². The first-order chi connectivity index (χ1) is 8.97. The minimum Gasteiger partial charge on any atom is -0.330 e. The Morgan fingerprint density at radius 1 is 1.53 bits per heavy atom. The standard InChI is InChI=1S/C13H19N3O3/c1-3-10(8-14)7-13(17)15-11-6-9(2)4-5-12(11)16(18)19/h4-6,10H,3,7-8,14H2,1-2H3,(H,15,17). The normalized spacial score (nSPS) is 11.9. The Kier molecular flexibility index (Phi) is 5.44. The van der Waals surface area contributed by atoms with Crippen LogP contribution in [0.3, 0.4) is 0 Å². The van der Waals surface area contributed by atoms with Gasteiger partial charge in [-0.25, -0.2) is 0 Å². The summed E-state index contributed by atoms with van der Waals surface area (Å²) < 4.78 is 0. The zero-order chi connectivity index (χ0) is 14.4. The number of carbonyl (C=O) groups is 1. The van der Waals surface area contributed by atoms with Crippen LogP contribution in [0.2, 0.25) is 0 Å². The number of hydrogen-bond donors (Lipinski definition) is 2. The summed E-state index contributed by atoms with van der Waals surface area (Å²) in [6.45, 7) is 4.20. The monoisotopic (exact) mass is 265 g/mol. The average molecular weight is 265 g/mol. The molecular formula is C13H19N3O3. The molecule has 0 radical (unpaired) electrons. The zero-order valence-corrected chi connectivity index (χ0v) is 11.2. The molecule has 19 heavy (non-hydrogen) atoms. The van der Waals surface area contributed by atoms with Crippen LogP contribution in [0.5, 0.6) is 0 Å². The number of rotatable bonds is 6. The molecule has 0 heterocycles. The molecule has 1 amide bonds. The molecule has 0 spiro atoms. The fraction of sp³-hybridized carbons (Fsp3) is 0.462. The molecule has 3 N–H and O–H groups in total. The average Bonchev–Trinajstić information content (AvgIpc) is 2.35. The lowest BCUT2D eigenvalue weighted by molar-refractivity contribution is -0.383. The SMILES string of the molecule is CCC(CN)CC(=O)Nc1cc(C)ccc1[N+](=O)[O-]. The zero-order valence-electron chi connectivity index (χ0n) is 11.2. The Hall–Kier alpha value is -1.95. The van der Waals surface area contributed by atoms with E-state index in [0.717, 1.165) is 12.0 Å². The summed E-state index contributed by atoms with van der Waals surface area (Å²) in [4.78, 5) is 22.2. The van der Waals surface area contributed by atoms with Crippen molar-refractivity contribution in [2.75, 3.05) is 11.9 Å². The van der Waals surface area contributed by atoms with Crippen LogP contribution >= 0.6 is 0 Å². The first kappa shape index (κ1) is 15.1. The summed E-state index contributed by atoms with van der Waals surface area (Å²) in [6.07, 6.45) is 1.08. The summed E-state index contributed by atoms with van der Waals surface area (Å²) in [7, 11) is 0. The van der Waals surface area contributed by atoms with E-state index < -0.39 is 4.92 Å². The van der Waals surface area contributed by atoms with Crippen LogP contribution in [0, 0.1) is 23.0 Å². The molecule has 0 bridgehead atoms. The van der Waals surface area contributed by atoms with Gasteiger partial charge in [-0.2, -0.15) is 0 Å². The van der Waals surface area contributed by atoms with Crippen molar-refractivity contribution < 1.29 is 9.72 Å². The van der Waals surface area contributed by atoms with Gasteiger partial charge in [-0.15, -0.1) is 0 Å². The summed E-state index contributed by atoms with van der Waals surface area (Å²) in [6, 6.07) is 4.63. The Bertz CT molecular complexity index is 470. The minimum atomic E-state index is -0.505. The number of nitrogens with two attached hydrogens (primary N) is 1. The number of carbonyl (C=O) groups excluding carboxylic acids is 1. The fourth-order valence-electron chi connectivity index (χ4n) is 1.77. The van der Waals surface area contributed by atoms with Crippen molar-refractivity contribution in [3.63, 3.8) is 0 Å². The van der Waals surface area contributed by atoms with E-state index in [1.165, 1.54) is 6.07 Å². The summed E-state index contributed by atoms with van der Waals surface area (Å²) in [5, 5.41) is 13.5. The van der Waals surface area contributed by atoms with E-state index in [-0.39, 0.29) is 29.6 Å². The van der Waals surface area contributed by atoms with Gasteiger partial charge in [0.25, 0.3) is 5.69 Å². The topological polar surface area (TPSA) is 98.3 Å². The van der Waals surface area contributed by atoms with Crippen LogP contribution in [0.4, 0.5) is 11.4 Å². The van der Waals surface area contributed by atoms with Crippen molar-refractivity contribution in [3.8, 4) is 0 Å². The Balaban J connectivity index is 2.83. The van der Waals surface area contributed by atoms with Gasteiger partial charge in [-0.3, -0.25) is 14.9 Å². The smallest absolute Gasteiger partial charge is 0.292 e. The lowest BCUT2D eigenvalue weighted by Crippen LogP contribution is -2.22. The molecule has 0 saturated carbocycles.